The van der Waals surface area contributed by atoms with Gasteiger partial charge in [-0.15, -0.1) is 0 Å². The molecule has 0 atom stereocenters. The van der Waals surface area contributed by atoms with Crippen molar-refractivity contribution in [2.45, 2.75) is 0 Å². The summed E-state index contributed by atoms with van der Waals surface area (Å²) in [6.45, 7) is 4.06. The lowest BCUT2D eigenvalue weighted by molar-refractivity contribution is 0.122. The number of nitrogens with one attached hydrogen (secondary N) is 3. The number of morpholine rings is 1. The molecule has 0 bridgehead atoms. The Bertz CT molecular complexity index is 751. The van der Waals surface area contributed by atoms with Crippen LogP contribution in [-0.2, 0) is 4.74 Å². The topological polar surface area (TPSA) is 101 Å². The number of hydrogen-bond donors (Lipinski definition) is 3. The van der Waals surface area contributed by atoms with Gasteiger partial charge in [-0.3, -0.25) is 0 Å². The van der Waals surface area contributed by atoms with Crippen LogP contribution in [0.25, 0.3) is 0 Å². The minimum atomic E-state index is -0.276. The summed E-state index contributed by atoms with van der Waals surface area (Å²) in [5.41, 5.74) is 0.672. The summed E-state index contributed by atoms with van der Waals surface area (Å²) >= 11 is 0. The van der Waals surface area contributed by atoms with Gasteiger partial charge in [0.2, 0.25) is 0 Å². The summed E-state index contributed by atoms with van der Waals surface area (Å²) < 4.78 is 10.5. The minimum Gasteiger partial charge on any atom is -0.497 e. The van der Waals surface area contributed by atoms with Gasteiger partial charge in [0.15, 0.2) is 0 Å². The minimum absolute atomic E-state index is 0.276. The molecule has 1 fully saturated rings. The van der Waals surface area contributed by atoms with Crippen molar-refractivity contribution in [1.29, 1.82) is 0 Å². The molecule has 1 aliphatic rings. The second kappa shape index (κ2) is 9.58. The van der Waals surface area contributed by atoms with E-state index in [0.717, 1.165) is 24.7 Å². The molecule has 27 heavy (non-hydrogen) atoms. The number of aromatic nitrogens is 2. The van der Waals surface area contributed by atoms with Gasteiger partial charge in [-0.1, -0.05) is 6.07 Å². The third-order valence-corrected chi connectivity index (χ3v) is 4.03. The predicted octanol–water partition coefficient (Wildman–Crippen LogP) is 1.56. The van der Waals surface area contributed by atoms with Gasteiger partial charge in [-0.2, -0.15) is 0 Å². The maximum absolute atomic E-state index is 11.9. The van der Waals surface area contributed by atoms with Gasteiger partial charge in [-0.25, -0.2) is 14.8 Å². The van der Waals surface area contributed by atoms with E-state index < -0.39 is 0 Å². The van der Waals surface area contributed by atoms with Crippen LogP contribution in [0.2, 0.25) is 0 Å². The predicted molar refractivity (Wildman–Crippen MR) is 104 cm³/mol. The van der Waals surface area contributed by atoms with Crippen LogP contribution in [0, 0.1) is 0 Å². The average Bonchev–Trinajstić information content (AvgIpc) is 2.72. The summed E-state index contributed by atoms with van der Waals surface area (Å²) in [5.74, 6) is 2.29. The molecule has 1 aliphatic heterocycles. The van der Waals surface area contributed by atoms with Gasteiger partial charge < -0.3 is 30.3 Å². The number of amides is 2. The van der Waals surface area contributed by atoms with Crippen molar-refractivity contribution in [3.63, 3.8) is 0 Å². The number of carbonyl (C=O) groups excluding carboxylic acids is 1. The Hall–Kier alpha value is -3.07. The molecular weight excluding hydrogens is 348 g/mol. The van der Waals surface area contributed by atoms with Gasteiger partial charge in [0.25, 0.3) is 0 Å². The highest BCUT2D eigenvalue weighted by Crippen LogP contribution is 2.16. The van der Waals surface area contributed by atoms with Crippen LogP contribution in [0.3, 0.4) is 0 Å². The van der Waals surface area contributed by atoms with Crippen molar-refractivity contribution < 1.29 is 14.3 Å². The average molecular weight is 372 g/mol. The van der Waals surface area contributed by atoms with Crippen LogP contribution in [0.15, 0.2) is 36.7 Å². The third-order valence-electron chi connectivity index (χ3n) is 4.03. The van der Waals surface area contributed by atoms with E-state index in [1.807, 2.05) is 18.2 Å². The molecule has 1 saturated heterocycles. The molecule has 0 radical (unpaired) electrons. The molecule has 3 N–H and O–H groups in total. The highest BCUT2D eigenvalue weighted by Gasteiger charge is 2.12. The van der Waals surface area contributed by atoms with Crippen LogP contribution >= 0.6 is 0 Å². The first-order chi connectivity index (χ1) is 13.2. The Morgan fingerprint density at radius 3 is 2.89 bits per heavy atom. The van der Waals surface area contributed by atoms with E-state index in [-0.39, 0.29) is 6.03 Å². The van der Waals surface area contributed by atoms with Gasteiger partial charge in [-0.05, 0) is 12.1 Å². The molecule has 0 aliphatic carbocycles. The molecule has 2 amide bonds. The van der Waals surface area contributed by atoms with E-state index in [9.17, 15) is 4.79 Å². The smallest absolute Gasteiger partial charge is 0.319 e. The summed E-state index contributed by atoms with van der Waals surface area (Å²) in [6.07, 6.45) is 1.54. The lowest BCUT2D eigenvalue weighted by atomic mass is 10.3. The number of benzene rings is 1. The standard InChI is InChI=1S/C18H24N6O3/c1-26-15-4-2-3-14(11-15)23-18(25)20-6-5-19-16-12-17(22-13-21-16)24-7-9-27-10-8-24/h2-4,11-13H,5-10H2,1H3,(H,19,21,22)(H2,20,23,25). The molecule has 0 spiro atoms. The zero-order chi connectivity index (χ0) is 18.9. The molecule has 144 valence electrons. The molecule has 1 aromatic heterocycles. The Morgan fingerprint density at radius 2 is 2.07 bits per heavy atom. The number of hydrogen-bond acceptors (Lipinski definition) is 7. The number of rotatable bonds is 7. The second-order valence-corrected chi connectivity index (χ2v) is 5.90. The highest BCUT2D eigenvalue weighted by atomic mass is 16.5. The number of carbonyl (C=O) groups is 1. The van der Waals surface area contributed by atoms with Crippen LogP contribution in [-0.4, -0.2) is 62.5 Å². The Balaban J connectivity index is 1.41. The van der Waals surface area contributed by atoms with Crippen molar-refractivity contribution in [3.05, 3.63) is 36.7 Å². The Morgan fingerprint density at radius 1 is 1.22 bits per heavy atom. The fourth-order valence-corrected chi connectivity index (χ4v) is 2.65. The zero-order valence-electron chi connectivity index (χ0n) is 15.3. The fourth-order valence-electron chi connectivity index (χ4n) is 2.65. The lowest BCUT2D eigenvalue weighted by Gasteiger charge is -2.27. The second-order valence-electron chi connectivity index (χ2n) is 5.90. The molecule has 2 aromatic rings. The molecule has 2 heterocycles. The SMILES string of the molecule is COc1cccc(NC(=O)NCCNc2cc(N3CCOCC3)ncn2)c1. The van der Waals surface area contributed by atoms with Crippen LogP contribution < -0.4 is 25.6 Å². The van der Waals surface area contributed by atoms with Crippen molar-refractivity contribution in [3.8, 4) is 5.75 Å². The van der Waals surface area contributed by atoms with Crippen LogP contribution in [0.5, 0.6) is 5.75 Å². The number of methoxy groups -OCH3 is 1. The lowest BCUT2D eigenvalue weighted by Crippen LogP contribution is -2.36. The third kappa shape index (κ3) is 5.71. The van der Waals surface area contributed by atoms with Crippen molar-refractivity contribution in [2.24, 2.45) is 0 Å². The van der Waals surface area contributed by atoms with Gasteiger partial charge >= 0.3 is 6.03 Å². The first-order valence-electron chi connectivity index (χ1n) is 8.82. The molecule has 0 saturated carbocycles. The van der Waals surface area contributed by atoms with Gasteiger partial charge in [0, 0.05) is 44.0 Å². The van der Waals surface area contributed by atoms with Crippen molar-refractivity contribution >= 4 is 23.4 Å². The molecule has 9 nitrogen and oxygen atoms in total. The van der Waals surface area contributed by atoms with Crippen molar-refractivity contribution in [2.75, 3.05) is 62.0 Å². The molecule has 9 heteroatoms. The van der Waals surface area contributed by atoms with E-state index in [1.54, 1.807) is 19.2 Å². The molecule has 3 rings (SSSR count). The maximum Gasteiger partial charge on any atom is 0.319 e. The number of ether oxygens (including phenoxy) is 2. The summed E-state index contributed by atoms with van der Waals surface area (Å²) in [6, 6.07) is 8.82. The fraction of sp³-hybridized carbons (Fsp3) is 0.389. The van der Waals surface area contributed by atoms with E-state index in [1.165, 1.54) is 6.33 Å². The molecule has 1 aromatic carbocycles. The normalized spacial score (nSPS) is 13.7. The summed E-state index contributed by atoms with van der Waals surface area (Å²) in [5, 5.41) is 8.75. The number of urea groups is 1. The first kappa shape index (κ1) is 18.7. The van der Waals surface area contributed by atoms with Gasteiger partial charge in [0.1, 0.15) is 23.7 Å². The summed E-state index contributed by atoms with van der Waals surface area (Å²) in [4.78, 5) is 22.6. The van der Waals surface area contributed by atoms with E-state index >= 15 is 0 Å². The summed E-state index contributed by atoms with van der Waals surface area (Å²) in [7, 11) is 1.59. The molecule has 0 unspecified atom stereocenters. The maximum atomic E-state index is 11.9. The quantitative estimate of drug-likeness (QED) is 0.634. The van der Waals surface area contributed by atoms with Gasteiger partial charge in [0.05, 0.1) is 20.3 Å². The first-order valence-corrected chi connectivity index (χ1v) is 8.82. The van der Waals surface area contributed by atoms with Crippen LogP contribution in [0.1, 0.15) is 0 Å². The van der Waals surface area contributed by atoms with E-state index in [4.69, 9.17) is 9.47 Å². The van der Waals surface area contributed by atoms with Crippen molar-refractivity contribution in [1.82, 2.24) is 15.3 Å². The molecular formula is C18H24N6O3. The Kier molecular flexibility index (Phi) is 6.64. The highest BCUT2D eigenvalue weighted by molar-refractivity contribution is 5.89. The zero-order valence-corrected chi connectivity index (χ0v) is 15.3. The number of anilines is 3. The largest absolute Gasteiger partial charge is 0.497 e. The number of nitrogens with zero attached hydrogens (tertiary/aromatic N) is 3. The Labute approximate surface area is 158 Å². The van der Waals surface area contributed by atoms with Crippen LogP contribution in [0.4, 0.5) is 22.1 Å². The monoisotopic (exact) mass is 372 g/mol. The van der Waals surface area contributed by atoms with E-state index in [2.05, 4.69) is 30.8 Å². The van der Waals surface area contributed by atoms with E-state index in [0.29, 0.717) is 37.7 Å².